The van der Waals surface area contributed by atoms with Gasteiger partial charge in [0.05, 0.1) is 12.2 Å². The summed E-state index contributed by atoms with van der Waals surface area (Å²) in [7, 11) is 0. The molecule has 27 heavy (non-hydrogen) atoms. The van der Waals surface area contributed by atoms with Gasteiger partial charge in [-0.2, -0.15) is 0 Å². The standard InChI is InChI=1S/C22H23N3O2/c26-22(24-15-19-8-4-5-13-23-19)20-14-21(27-25-20)18-11-9-17(10-12-18)16-6-2-1-3-7-16/h4-5,8-14,16H,1-3,6-7,15H2,(H,24,26). The van der Waals surface area contributed by atoms with Crippen LogP contribution in [0.3, 0.4) is 0 Å². The molecule has 1 aliphatic rings. The Kier molecular flexibility index (Phi) is 5.28. The van der Waals surface area contributed by atoms with Crippen molar-refractivity contribution >= 4 is 5.91 Å². The van der Waals surface area contributed by atoms with Gasteiger partial charge in [-0.05, 0) is 36.5 Å². The van der Waals surface area contributed by atoms with E-state index in [1.165, 1.54) is 37.7 Å². The summed E-state index contributed by atoms with van der Waals surface area (Å²) in [4.78, 5) is 16.4. The molecule has 0 radical (unpaired) electrons. The Hall–Kier alpha value is -2.95. The summed E-state index contributed by atoms with van der Waals surface area (Å²) in [6.45, 7) is 0.359. The Morgan fingerprint density at radius 1 is 1.07 bits per heavy atom. The van der Waals surface area contributed by atoms with Crippen molar-refractivity contribution in [1.29, 1.82) is 0 Å². The first-order chi connectivity index (χ1) is 13.3. The summed E-state index contributed by atoms with van der Waals surface area (Å²) in [5, 5.41) is 6.72. The van der Waals surface area contributed by atoms with Gasteiger partial charge >= 0.3 is 0 Å². The molecular formula is C22H23N3O2. The molecule has 4 rings (SSSR count). The van der Waals surface area contributed by atoms with E-state index >= 15 is 0 Å². The van der Waals surface area contributed by atoms with E-state index in [0.29, 0.717) is 18.2 Å². The van der Waals surface area contributed by atoms with Crippen LogP contribution in [0.1, 0.15) is 59.8 Å². The molecule has 1 aliphatic carbocycles. The predicted octanol–water partition coefficient (Wildman–Crippen LogP) is 4.71. The topological polar surface area (TPSA) is 68.0 Å². The summed E-state index contributed by atoms with van der Waals surface area (Å²) in [5.41, 5.74) is 3.40. The van der Waals surface area contributed by atoms with Crippen LogP contribution in [0, 0.1) is 0 Å². The second-order valence-corrected chi connectivity index (χ2v) is 7.04. The molecule has 1 N–H and O–H groups in total. The summed E-state index contributed by atoms with van der Waals surface area (Å²) in [6, 6.07) is 15.7. The van der Waals surface area contributed by atoms with Gasteiger partial charge in [-0.1, -0.05) is 54.8 Å². The highest BCUT2D eigenvalue weighted by Crippen LogP contribution is 2.33. The minimum absolute atomic E-state index is 0.269. The van der Waals surface area contributed by atoms with Crippen molar-refractivity contribution in [2.75, 3.05) is 0 Å². The van der Waals surface area contributed by atoms with Crippen LogP contribution in [-0.2, 0) is 6.54 Å². The maximum Gasteiger partial charge on any atom is 0.273 e. The van der Waals surface area contributed by atoms with E-state index in [9.17, 15) is 4.79 Å². The van der Waals surface area contributed by atoms with E-state index in [-0.39, 0.29) is 11.6 Å². The molecule has 1 fully saturated rings. The number of benzene rings is 1. The lowest BCUT2D eigenvalue weighted by Gasteiger charge is -2.21. The van der Waals surface area contributed by atoms with E-state index in [0.717, 1.165) is 11.3 Å². The summed E-state index contributed by atoms with van der Waals surface area (Å²) < 4.78 is 5.38. The highest BCUT2D eigenvalue weighted by Gasteiger charge is 2.17. The van der Waals surface area contributed by atoms with E-state index in [2.05, 4.69) is 39.7 Å². The molecule has 1 saturated carbocycles. The number of nitrogens with zero attached hydrogens (tertiary/aromatic N) is 2. The molecule has 0 bridgehead atoms. The Labute approximate surface area is 158 Å². The van der Waals surface area contributed by atoms with Gasteiger partial charge in [0.15, 0.2) is 11.5 Å². The zero-order chi connectivity index (χ0) is 18.5. The van der Waals surface area contributed by atoms with Crippen LogP contribution < -0.4 is 5.32 Å². The number of carbonyl (C=O) groups is 1. The molecule has 0 unspecified atom stereocenters. The second kappa shape index (κ2) is 8.16. The molecule has 0 atom stereocenters. The third kappa shape index (κ3) is 4.25. The van der Waals surface area contributed by atoms with Gasteiger partial charge in [0.25, 0.3) is 5.91 Å². The van der Waals surface area contributed by atoms with Crippen LogP contribution >= 0.6 is 0 Å². The number of nitrogens with one attached hydrogen (secondary N) is 1. The van der Waals surface area contributed by atoms with E-state index in [4.69, 9.17) is 4.52 Å². The van der Waals surface area contributed by atoms with Crippen molar-refractivity contribution < 1.29 is 9.32 Å². The fraction of sp³-hybridized carbons (Fsp3) is 0.318. The molecule has 3 aromatic rings. The van der Waals surface area contributed by atoms with Crippen molar-refractivity contribution in [2.24, 2.45) is 0 Å². The Morgan fingerprint density at radius 3 is 2.63 bits per heavy atom. The van der Waals surface area contributed by atoms with Gasteiger partial charge in [0, 0.05) is 17.8 Å². The lowest BCUT2D eigenvalue weighted by Crippen LogP contribution is -2.23. The lowest BCUT2D eigenvalue weighted by molar-refractivity contribution is 0.0941. The largest absolute Gasteiger partial charge is 0.355 e. The van der Waals surface area contributed by atoms with Crippen molar-refractivity contribution in [1.82, 2.24) is 15.5 Å². The molecule has 2 heterocycles. The van der Waals surface area contributed by atoms with E-state index < -0.39 is 0 Å². The minimum atomic E-state index is -0.269. The van der Waals surface area contributed by atoms with Crippen LogP contribution in [0.4, 0.5) is 0 Å². The smallest absolute Gasteiger partial charge is 0.273 e. The van der Waals surface area contributed by atoms with Gasteiger partial charge in [-0.3, -0.25) is 9.78 Å². The lowest BCUT2D eigenvalue weighted by atomic mass is 9.84. The summed E-state index contributed by atoms with van der Waals surface area (Å²) in [5.74, 6) is 1.01. The fourth-order valence-corrected chi connectivity index (χ4v) is 3.64. The first-order valence-corrected chi connectivity index (χ1v) is 9.55. The van der Waals surface area contributed by atoms with Crippen molar-refractivity contribution in [2.45, 2.75) is 44.6 Å². The Balaban J connectivity index is 1.40. The SMILES string of the molecule is O=C(NCc1ccccn1)c1cc(-c2ccc(C3CCCCC3)cc2)on1. The van der Waals surface area contributed by atoms with E-state index in [1.54, 1.807) is 12.3 Å². The molecule has 0 saturated heterocycles. The van der Waals surface area contributed by atoms with Gasteiger partial charge < -0.3 is 9.84 Å². The number of hydrogen-bond donors (Lipinski definition) is 1. The molecule has 0 aliphatic heterocycles. The molecule has 1 aromatic carbocycles. The molecule has 1 amide bonds. The van der Waals surface area contributed by atoms with Gasteiger partial charge in [-0.25, -0.2) is 0 Å². The van der Waals surface area contributed by atoms with Crippen molar-refractivity contribution in [3.05, 3.63) is 71.7 Å². The maximum atomic E-state index is 12.3. The van der Waals surface area contributed by atoms with Gasteiger partial charge in [0.2, 0.25) is 0 Å². The normalized spacial score (nSPS) is 14.8. The number of aromatic nitrogens is 2. The number of hydrogen-bond acceptors (Lipinski definition) is 4. The third-order valence-electron chi connectivity index (χ3n) is 5.17. The Bertz CT molecular complexity index is 881. The summed E-state index contributed by atoms with van der Waals surface area (Å²) in [6.07, 6.45) is 8.27. The zero-order valence-electron chi connectivity index (χ0n) is 15.2. The molecule has 2 aromatic heterocycles. The highest BCUT2D eigenvalue weighted by molar-refractivity contribution is 5.93. The monoisotopic (exact) mass is 361 g/mol. The van der Waals surface area contributed by atoms with Crippen molar-refractivity contribution in [3.63, 3.8) is 0 Å². The average Bonchev–Trinajstić information content (AvgIpc) is 3.24. The number of pyridine rings is 1. The molecular weight excluding hydrogens is 338 g/mol. The minimum Gasteiger partial charge on any atom is -0.355 e. The molecule has 5 nitrogen and oxygen atoms in total. The zero-order valence-corrected chi connectivity index (χ0v) is 15.2. The van der Waals surface area contributed by atoms with Crippen LogP contribution in [0.2, 0.25) is 0 Å². The van der Waals surface area contributed by atoms with Gasteiger partial charge in [-0.15, -0.1) is 0 Å². The molecule has 5 heteroatoms. The number of carbonyl (C=O) groups excluding carboxylic acids is 1. The quantitative estimate of drug-likeness (QED) is 0.714. The highest BCUT2D eigenvalue weighted by atomic mass is 16.5. The van der Waals surface area contributed by atoms with Crippen LogP contribution in [0.25, 0.3) is 11.3 Å². The second-order valence-electron chi connectivity index (χ2n) is 7.04. The van der Waals surface area contributed by atoms with Crippen LogP contribution in [0.5, 0.6) is 0 Å². The predicted molar refractivity (Wildman–Crippen MR) is 103 cm³/mol. The number of amides is 1. The van der Waals surface area contributed by atoms with E-state index in [1.807, 2.05) is 18.2 Å². The van der Waals surface area contributed by atoms with Crippen LogP contribution in [-0.4, -0.2) is 16.0 Å². The number of rotatable bonds is 5. The maximum absolute atomic E-state index is 12.3. The molecule has 0 spiro atoms. The fourth-order valence-electron chi connectivity index (χ4n) is 3.64. The van der Waals surface area contributed by atoms with Crippen molar-refractivity contribution in [3.8, 4) is 11.3 Å². The first-order valence-electron chi connectivity index (χ1n) is 9.55. The van der Waals surface area contributed by atoms with Crippen LogP contribution in [0.15, 0.2) is 59.3 Å². The third-order valence-corrected chi connectivity index (χ3v) is 5.17. The van der Waals surface area contributed by atoms with Gasteiger partial charge in [0.1, 0.15) is 0 Å². The molecule has 138 valence electrons. The average molecular weight is 361 g/mol. The Morgan fingerprint density at radius 2 is 1.89 bits per heavy atom. The first kappa shape index (κ1) is 17.5. The summed E-state index contributed by atoms with van der Waals surface area (Å²) >= 11 is 0.